The van der Waals surface area contributed by atoms with Gasteiger partial charge in [0.05, 0.1) is 0 Å². The van der Waals surface area contributed by atoms with Crippen molar-refractivity contribution in [2.45, 2.75) is 20.8 Å². The lowest BCUT2D eigenvalue weighted by Crippen LogP contribution is -1.87. The molecule has 0 saturated heterocycles. The average Bonchev–Trinajstić information content (AvgIpc) is 2.13. The van der Waals surface area contributed by atoms with Crippen LogP contribution >= 0.6 is 0 Å². The summed E-state index contributed by atoms with van der Waals surface area (Å²) in [5.41, 5.74) is 8.20. The van der Waals surface area contributed by atoms with E-state index in [2.05, 4.69) is 5.92 Å². The van der Waals surface area contributed by atoms with Crippen molar-refractivity contribution in [3.63, 3.8) is 0 Å². The summed E-state index contributed by atoms with van der Waals surface area (Å²) in [5.74, 6) is 2.56. The molecule has 64 valence electrons. The zero-order valence-electron chi connectivity index (χ0n) is 7.89. The first-order chi connectivity index (χ1) is 5.74. The van der Waals surface area contributed by atoms with E-state index < -0.39 is 0 Å². The van der Waals surface area contributed by atoms with E-state index in [0.717, 1.165) is 16.8 Å². The zero-order valence-corrected chi connectivity index (χ0v) is 7.89. The van der Waals surface area contributed by atoms with E-state index in [0.29, 0.717) is 0 Å². The molecule has 1 rings (SSSR count). The minimum Gasteiger partial charge on any atom is -0.399 e. The van der Waals surface area contributed by atoms with Crippen molar-refractivity contribution in [1.29, 1.82) is 0 Å². The van der Waals surface area contributed by atoms with E-state index in [1.165, 1.54) is 0 Å². The molecule has 0 aliphatic rings. The Morgan fingerprint density at radius 2 is 1.92 bits per heavy atom. The number of anilines is 1. The van der Waals surface area contributed by atoms with E-state index in [4.69, 9.17) is 12.2 Å². The van der Waals surface area contributed by atoms with Crippen molar-refractivity contribution < 1.29 is 0 Å². The molecular weight excluding hydrogens is 146 g/mol. The maximum absolute atomic E-state index is 5.51. The normalized spacial score (nSPS) is 7.83. The van der Waals surface area contributed by atoms with Gasteiger partial charge in [0.1, 0.15) is 0 Å². The topological polar surface area (TPSA) is 26.0 Å². The van der Waals surface area contributed by atoms with Crippen LogP contribution in [0.3, 0.4) is 0 Å². The maximum atomic E-state index is 5.51. The second kappa shape index (κ2) is 5.26. The van der Waals surface area contributed by atoms with Crippen LogP contribution in [0.25, 0.3) is 0 Å². The Labute approximate surface area is 74.6 Å². The van der Waals surface area contributed by atoms with Gasteiger partial charge in [-0.15, -0.1) is 6.42 Å². The quantitative estimate of drug-likeness (QED) is 0.459. The average molecular weight is 161 g/mol. The Hall–Kier alpha value is -1.42. The van der Waals surface area contributed by atoms with E-state index in [9.17, 15) is 0 Å². The Balaban J connectivity index is 0.000000561. The Morgan fingerprint density at radius 3 is 2.33 bits per heavy atom. The number of nitrogen functional groups attached to an aromatic ring is 1. The molecule has 1 heteroatoms. The van der Waals surface area contributed by atoms with E-state index in [1.54, 1.807) is 6.07 Å². The van der Waals surface area contributed by atoms with Gasteiger partial charge in [0.2, 0.25) is 0 Å². The largest absolute Gasteiger partial charge is 0.399 e. The Kier molecular flexibility index (Phi) is 4.64. The van der Waals surface area contributed by atoms with Crippen molar-refractivity contribution >= 4 is 5.69 Å². The molecule has 12 heavy (non-hydrogen) atoms. The maximum Gasteiger partial charge on any atom is 0.0326 e. The predicted octanol–water partition coefficient (Wildman–Crippen LogP) is 2.58. The molecular formula is C11H15N. The third-order valence-electron chi connectivity index (χ3n) is 1.42. The second-order valence-corrected chi connectivity index (χ2v) is 2.22. The van der Waals surface area contributed by atoms with Crippen LogP contribution in [0.4, 0.5) is 5.69 Å². The van der Waals surface area contributed by atoms with Gasteiger partial charge in [-0.05, 0) is 24.6 Å². The molecule has 0 unspecified atom stereocenters. The van der Waals surface area contributed by atoms with Gasteiger partial charge in [-0.25, -0.2) is 0 Å². The van der Waals surface area contributed by atoms with Crippen molar-refractivity contribution in [3.05, 3.63) is 29.3 Å². The zero-order chi connectivity index (χ0) is 9.56. The van der Waals surface area contributed by atoms with Crippen LogP contribution in [-0.2, 0) is 0 Å². The summed E-state index contributed by atoms with van der Waals surface area (Å²) in [7, 11) is 0. The standard InChI is InChI=1S/C9H9N.C2H6/c1-3-8-6-9(10)5-4-7(8)2;1-2/h1,4-6H,10H2,2H3;1-2H3. The smallest absolute Gasteiger partial charge is 0.0326 e. The van der Waals surface area contributed by atoms with Crippen molar-refractivity contribution in [1.82, 2.24) is 0 Å². The monoisotopic (exact) mass is 161 g/mol. The predicted molar refractivity (Wildman–Crippen MR) is 54.9 cm³/mol. The highest BCUT2D eigenvalue weighted by molar-refractivity contribution is 5.50. The van der Waals surface area contributed by atoms with Crippen LogP contribution in [0.2, 0.25) is 0 Å². The summed E-state index contributed by atoms with van der Waals surface area (Å²) in [4.78, 5) is 0. The molecule has 0 aliphatic heterocycles. The summed E-state index contributed by atoms with van der Waals surface area (Å²) >= 11 is 0. The van der Waals surface area contributed by atoms with Gasteiger partial charge < -0.3 is 5.73 Å². The SMILES string of the molecule is C#Cc1cc(N)ccc1C.CC. The number of rotatable bonds is 0. The van der Waals surface area contributed by atoms with Gasteiger partial charge >= 0.3 is 0 Å². The van der Waals surface area contributed by atoms with Crippen LogP contribution in [0, 0.1) is 19.3 Å². The number of benzene rings is 1. The highest BCUT2D eigenvalue weighted by Gasteiger charge is 1.92. The molecule has 0 fully saturated rings. The number of nitrogens with two attached hydrogens (primary N) is 1. The van der Waals surface area contributed by atoms with E-state index >= 15 is 0 Å². The van der Waals surface area contributed by atoms with E-state index in [1.807, 2.05) is 32.9 Å². The molecule has 2 N–H and O–H groups in total. The minimum absolute atomic E-state index is 0.721. The van der Waals surface area contributed by atoms with Crippen LogP contribution in [-0.4, -0.2) is 0 Å². The van der Waals surface area contributed by atoms with Crippen LogP contribution in [0.15, 0.2) is 18.2 Å². The lowest BCUT2D eigenvalue weighted by atomic mass is 10.1. The first kappa shape index (κ1) is 10.6. The number of aryl methyl sites for hydroxylation is 1. The van der Waals surface area contributed by atoms with Gasteiger partial charge in [0, 0.05) is 11.3 Å². The van der Waals surface area contributed by atoms with Gasteiger partial charge in [0.25, 0.3) is 0 Å². The molecule has 0 saturated carbocycles. The first-order valence-corrected chi connectivity index (χ1v) is 4.07. The number of terminal acetylenes is 1. The lowest BCUT2D eigenvalue weighted by molar-refractivity contribution is 1.44. The van der Waals surface area contributed by atoms with Crippen LogP contribution in [0.5, 0.6) is 0 Å². The molecule has 0 bridgehead atoms. The first-order valence-electron chi connectivity index (χ1n) is 4.07. The molecule has 0 radical (unpaired) electrons. The molecule has 0 aromatic heterocycles. The molecule has 0 amide bonds. The van der Waals surface area contributed by atoms with Crippen LogP contribution < -0.4 is 5.73 Å². The number of hydrogen-bond acceptors (Lipinski definition) is 1. The molecule has 1 nitrogen and oxygen atoms in total. The van der Waals surface area contributed by atoms with Gasteiger partial charge in [0.15, 0.2) is 0 Å². The van der Waals surface area contributed by atoms with Crippen molar-refractivity contribution in [2.75, 3.05) is 5.73 Å². The molecule has 0 heterocycles. The number of hydrogen-bond donors (Lipinski definition) is 1. The van der Waals surface area contributed by atoms with Crippen molar-refractivity contribution in [2.24, 2.45) is 0 Å². The minimum atomic E-state index is 0.721. The fourth-order valence-corrected chi connectivity index (χ4v) is 0.795. The van der Waals surface area contributed by atoms with Crippen LogP contribution in [0.1, 0.15) is 25.0 Å². The highest BCUT2D eigenvalue weighted by Crippen LogP contribution is 2.10. The van der Waals surface area contributed by atoms with Crippen molar-refractivity contribution in [3.8, 4) is 12.3 Å². The molecule has 0 aliphatic carbocycles. The fraction of sp³-hybridized carbons (Fsp3) is 0.273. The van der Waals surface area contributed by atoms with Gasteiger partial charge in [-0.1, -0.05) is 25.8 Å². The third kappa shape index (κ3) is 2.67. The summed E-state index contributed by atoms with van der Waals surface area (Å²) in [6.07, 6.45) is 5.21. The molecule has 1 aromatic carbocycles. The molecule has 1 aromatic rings. The Bertz CT molecular complexity index is 282. The Morgan fingerprint density at radius 1 is 1.33 bits per heavy atom. The van der Waals surface area contributed by atoms with Gasteiger partial charge in [-0.2, -0.15) is 0 Å². The fourth-order valence-electron chi connectivity index (χ4n) is 0.795. The molecule has 0 atom stereocenters. The lowest BCUT2D eigenvalue weighted by Gasteiger charge is -1.97. The molecule has 0 spiro atoms. The summed E-state index contributed by atoms with van der Waals surface area (Å²) < 4.78 is 0. The summed E-state index contributed by atoms with van der Waals surface area (Å²) in [6, 6.07) is 5.57. The third-order valence-corrected chi connectivity index (χ3v) is 1.42. The second-order valence-electron chi connectivity index (χ2n) is 2.22. The highest BCUT2D eigenvalue weighted by atomic mass is 14.5. The summed E-state index contributed by atoms with van der Waals surface area (Å²) in [6.45, 7) is 5.97. The van der Waals surface area contributed by atoms with Gasteiger partial charge in [-0.3, -0.25) is 0 Å². The summed E-state index contributed by atoms with van der Waals surface area (Å²) in [5, 5.41) is 0. The van der Waals surface area contributed by atoms with E-state index in [-0.39, 0.29) is 0 Å².